The summed E-state index contributed by atoms with van der Waals surface area (Å²) in [5.41, 5.74) is 1.92. The molecule has 0 radical (unpaired) electrons. The Morgan fingerprint density at radius 3 is 2.42 bits per heavy atom. The van der Waals surface area contributed by atoms with Crippen LogP contribution in [0.25, 0.3) is 0 Å². The number of aromatic amines is 2. The van der Waals surface area contributed by atoms with Crippen LogP contribution in [-0.2, 0) is 25.5 Å². The zero-order valence-corrected chi connectivity index (χ0v) is 45.5. The van der Waals surface area contributed by atoms with Gasteiger partial charge in [-0.3, -0.25) is 9.59 Å². The number of carbonyl (C=O) groups is 2. The number of nitrogens with two attached hydrogens (primary N) is 1. The van der Waals surface area contributed by atoms with Crippen LogP contribution in [0.5, 0.6) is 0 Å². The number of aliphatic hydroxyl groups excluding tert-OH is 8. The Labute approximate surface area is 455 Å². The fourth-order valence-electron chi connectivity index (χ4n) is 20.6. The van der Waals surface area contributed by atoms with Crippen molar-refractivity contribution < 1.29 is 65.0 Å². The number of hydrogen-bond donors (Lipinski definition) is 14. The number of H-pyrrole nitrogens is 2. The molecular weight excluding hydrogens is 1000 g/mol. The molecule has 2 aromatic rings. The van der Waals surface area contributed by atoms with E-state index in [1.807, 2.05) is 6.92 Å². The molecular formula is C58H83N7O13. The quantitative estimate of drug-likeness (QED) is 0.0698. The Hall–Kier alpha value is -3.98. The molecule has 1 spiro atoms. The van der Waals surface area contributed by atoms with Gasteiger partial charge in [-0.2, -0.15) is 0 Å². The number of ether oxygens (including phenoxy) is 2. The highest BCUT2D eigenvalue weighted by Crippen LogP contribution is 2.80. The molecule has 7 fully saturated rings. The largest absolute Gasteiger partial charge is 0.481 e. The fraction of sp³-hybridized carbons (Fsp3) is 0.793. The van der Waals surface area contributed by atoms with Gasteiger partial charge < -0.3 is 81.8 Å². The number of carbonyl (C=O) groups excluding carboxylic acids is 1. The summed E-state index contributed by atoms with van der Waals surface area (Å²) >= 11 is 0. The predicted octanol–water partition coefficient (Wildman–Crippen LogP) is 1.75. The van der Waals surface area contributed by atoms with Gasteiger partial charge in [0, 0.05) is 60.7 Å². The van der Waals surface area contributed by atoms with E-state index in [2.05, 4.69) is 71.2 Å². The van der Waals surface area contributed by atoms with E-state index in [-0.39, 0.29) is 49.7 Å². The maximum atomic E-state index is 15.5. The summed E-state index contributed by atoms with van der Waals surface area (Å²) in [5.74, 6) is 2.21. The second-order valence-electron chi connectivity index (χ2n) is 27.4. The van der Waals surface area contributed by atoms with Gasteiger partial charge in [-0.25, -0.2) is 9.97 Å². The number of rotatable bonds is 10. The van der Waals surface area contributed by atoms with Crippen molar-refractivity contribution in [3.63, 3.8) is 0 Å². The zero-order valence-electron chi connectivity index (χ0n) is 45.5. The minimum absolute atomic E-state index is 0.100. The third kappa shape index (κ3) is 7.24. The number of amides is 1. The monoisotopic (exact) mass is 1090 g/mol. The van der Waals surface area contributed by atoms with E-state index in [0.717, 1.165) is 11.3 Å². The van der Waals surface area contributed by atoms with Crippen molar-refractivity contribution in [3.05, 3.63) is 41.9 Å². The molecule has 2 saturated heterocycles. The van der Waals surface area contributed by atoms with Gasteiger partial charge in [0.2, 0.25) is 5.91 Å². The number of aliphatic carboxylic acids is 1. The number of anilines is 1. The number of fused-ring (bicyclic) bond motifs is 8. The lowest BCUT2D eigenvalue weighted by Gasteiger charge is -2.76. The molecule has 15 N–H and O–H groups in total. The summed E-state index contributed by atoms with van der Waals surface area (Å²) in [7, 11) is 0. The Balaban J connectivity index is 1.11. The van der Waals surface area contributed by atoms with Gasteiger partial charge in [0.1, 0.15) is 30.4 Å². The Morgan fingerprint density at radius 2 is 1.72 bits per heavy atom. The molecule has 1 amide bonds. The van der Waals surface area contributed by atoms with Crippen molar-refractivity contribution in [1.82, 2.24) is 25.3 Å². The molecule has 20 nitrogen and oxygen atoms in total. The standard InChI is InChI=1S/C58H83N7O13/c1-52(23-66)13-14-58(51(75)76)33(19-52)29-15-27-8-9-28-7-6-11-57(28)31(42(65-50(57)74)41(36-21-60-25-62-36)37(68)18-40(59)70)16-32-43(71)47(78-49-45(73)44(72)38(69)22-77-49)53(2,24-67)39-10-12-54(3,46(27)55(32,39)4)56(29,5)30-17-35-48(64-26-63-35)61-20-34(30)58/h15,21,25-28,30-34,37-47,49,61,66-73H,6-7,10-14,16-20,22-24,59H2,1-5H3,(H,60,62)(H,63,64)(H,65,74)(H,75,76). The van der Waals surface area contributed by atoms with Crippen molar-refractivity contribution in [1.29, 1.82) is 0 Å². The lowest BCUT2D eigenvalue weighted by atomic mass is 9.28. The molecule has 7 aliphatic carbocycles. The van der Waals surface area contributed by atoms with Crippen LogP contribution in [0.2, 0.25) is 0 Å². The first-order chi connectivity index (χ1) is 37.0. The molecule has 5 saturated carbocycles. The van der Waals surface area contributed by atoms with E-state index in [1.165, 1.54) is 6.33 Å². The highest BCUT2D eigenvalue weighted by molar-refractivity contribution is 5.87. The average molecular weight is 1090 g/mol. The fourth-order valence-corrected chi connectivity index (χ4v) is 20.6. The van der Waals surface area contributed by atoms with Crippen LogP contribution in [0, 0.1) is 103 Å². The molecule has 0 aromatic carbocycles. The van der Waals surface area contributed by atoms with Crippen LogP contribution in [0.15, 0.2) is 30.5 Å². The number of aromatic nitrogens is 4. The molecule has 2 aromatic heterocycles. The highest BCUT2D eigenvalue weighted by atomic mass is 16.7. The summed E-state index contributed by atoms with van der Waals surface area (Å²) in [6.07, 6.45) is 0.305. The summed E-state index contributed by atoms with van der Waals surface area (Å²) < 4.78 is 12.7. The molecule has 3 aliphatic heterocycles. The number of nitrogens with zero attached hydrogens (tertiary/aromatic N) is 2. The number of carboxylic acids is 1. The third-order valence-electron chi connectivity index (χ3n) is 24.4. The number of nitrogens with one attached hydrogen (secondary N) is 4. The number of allylic oxidation sites excluding steroid dienone is 2. The molecule has 428 valence electrons. The summed E-state index contributed by atoms with van der Waals surface area (Å²) in [6.45, 7) is 10.4. The first-order valence-electron chi connectivity index (χ1n) is 28.8. The van der Waals surface area contributed by atoms with Crippen molar-refractivity contribution in [2.45, 2.75) is 166 Å². The number of hydrogen-bond acceptors (Lipinski definition) is 16. The van der Waals surface area contributed by atoms with E-state index in [4.69, 9.17) is 20.2 Å². The van der Waals surface area contributed by atoms with Gasteiger partial charge in [0.15, 0.2) is 6.29 Å². The van der Waals surface area contributed by atoms with Gasteiger partial charge in [0.25, 0.3) is 0 Å². The van der Waals surface area contributed by atoms with Crippen molar-refractivity contribution >= 4 is 17.7 Å². The van der Waals surface area contributed by atoms with Gasteiger partial charge in [-0.05, 0) is 121 Å². The number of aliphatic hydroxyl groups is 8. The number of imidazole rings is 2. The molecule has 20 heteroatoms. The molecule has 5 heterocycles. The van der Waals surface area contributed by atoms with Crippen LogP contribution in [0.4, 0.5) is 5.82 Å². The summed E-state index contributed by atoms with van der Waals surface area (Å²) in [5, 5.41) is 112. The lowest BCUT2D eigenvalue weighted by Crippen LogP contribution is -2.75. The maximum absolute atomic E-state index is 15.5. The molecule has 26 atom stereocenters. The smallest absolute Gasteiger partial charge is 0.310 e. The van der Waals surface area contributed by atoms with Gasteiger partial charge >= 0.3 is 5.97 Å². The zero-order chi connectivity index (χ0) is 55.4. The first-order valence-corrected chi connectivity index (χ1v) is 28.8. The van der Waals surface area contributed by atoms with E-state index in [9.17, 15) is 50.8 Å². The van der Waals surface area contributed by atoms with Crippen LogP contribution in [0.3, 0.4) is 0 Å². The van der Waals surface area contributed by atoms with Crippen LogP contribution >= 0.6 is 0 Å². The SMILES string of the molecule is CC1(CO)CCC2(C(=O)O)C(C1)C1=CC3C#CC4CCCC45C(=O)NC(C(c4cnc[nH]4)C(O)CC(N)O)C5CC4C(O)C(OC5OCC(O)C(O)C5O)C(C)(CO)C5CCC(C)(C3C45C)C1(C)C1Cc3[nH]cnc3NCC12. The Bertz CT molecular complexity index is 2750. The molecule has 26 unspecified atom stereocenters. The van der Waals surface area contributed by atoms with Crippen molar-refractivity contribution in [2.24, 2.45) is 96.9 Å². The van der Waals surface area contributed by atoms with Crippen molar-refractivity contribution in [3.8, 4) is 11.8 Å². The van der Waals surface area contributed by atoms with E-state index >= 15 is 4.79 Å². The maximum Gasteiger partial charge on any atom is 0.310 e. The minimum Gasteiger partial charge on any atom is -0.481 e. The number of carboxylic acid groups (broad SMARTS) is 1. The Morgan fingerprint density at radius 1 is 0.936 bits per heavy atom. The van der Waals surface area contributed by atoms with E-state index in [0.29, 0.717) is 75.8 Å². The topological polar surface area (TPSA) is 342 Å². The molecule has 0 bridgehead atoms. The predicted molar refractivity (Wildman–Crippen MR) is 280 cm³/mol. The molecule has 10 aliphatic rings. The summed E-state index contributed by atoms with van der Waals surface area (Å²) in [4.78, 5) is 45.8. The normalized spacial score (nSPS) is 50.1. The first kappa shape index (κ1) is 54.6. The van der Waals surface area contributed by atoms with Gasteiger partial charge in [-0.15, -0.1) is 0 Å². The van der Waals surface area contributed by atoms with Crippen LogP contribution in [0.1, 0.15) is 116 Å². The van der Waals surface area contributed by atoms with Gasteiger partial charge in [-0.1, -0.05) is 64.5 Å². The van der Waals surface area contributed by atoms with E-state index in [1.54, 1.807) is 12.5 Å². The highest BCUT2D eigenvalue weighted by Gasteiger charge is 2.79. The van der Waals surface area contributed by atoms with Gasteiger partial charge in [0.05, 0.1) is 60.7 Å². The Kier molecular flexibility index (Phi) is 13.1. The molecule has 78 heavy (non-hydrogen) atoms. The van der Waals surface area contributed by atoms with Crippen LogP contribution in [-0.4, -0.2) is 159 Å². The second kappa shape index (κ2) is 18.8. The van der Waals surface area contributed by atoms with E-state index < -0.39 is 147 Å². The second-order valence-corrected chi connectivity index (χ2v) is 27.4. The van der Waals surface area contributed by atoms with Crippen molar-refractivity contribution in [2.75, 3.05) is 31.7 Å². The third-order valence-corrected chi connectivity index (χ3v) is 24.4. The van der Waals surface area contributed by atoms with Crippen LogP contribution < -0.4 is 16.4 Å². The minimum atomic E-state index is -1.70. The molecule has 12 rings (SSSR count). The average Bonchev–Trinajstić information content (AvgIpc) is 3.51. The summed E-state index contributed by atoms with van der Waals surface area (Å²) in [6, 6.07) is -0.785. The lowest BCUT2D eigenvalue weighted by molar-refractivity contribution is -0.343.